The lowest BCUT2D eigenvalue weighted by atomic mass is 9.90. The Bertz CT molecular complexity index is 1030. The van der Waals surface area contributed by atoms with Crippen molar-refractivity contribution in [3.05, 3.63) is 77.4 Å². The Kier molecular flexibility index (Phi) is 10.8. The summed E-state index contributed by atoms with van der Waals surface area (Å²) in [5.41, 5.74) is 4.33. The molecule has 35 heavy (non-hydrogen) atoms. The number of carbonyl (C=O) groups excluding carboxylic acids is 2. The standard InChI is InChI=1S/C26H32N2O7/c1-17(16-24(30)28-32)15-18(2)19(3)25(20-5-9-23(10-6-20)34-14-13-29)35-26(31)27-21-7-11-22(33-4)12-8-21/h5-12,15-16,19,25,29,32H,13-14H2,1-4H3,(H,27,31)(H,28,30)/b17-16+,18-15+/t19-,25+/m0/s1. The first-order valence-corrected chi connectivity index (χ1v) is 11.0. The van der Waals surface area contributed by atoms with E-state index in [1.165, 1.54) is 6.08 Å². The largest absolute Gasteiger partial charge is 0.497 e. The van der Waals surface area contributed by atoms with Gasteiger partial charge in [0, 0.05) is 17.7 Å². The van der Waals surface area contributed by atoms with Gasteiger partial charge in [0.15, 0.2) is 0 Å². The molecular weight excluding hydrogens is 452 g/mol. The summed E-state index contributed by atoms with van der Waals surface area (Å²) in [6.07, 6.45) is 1.76. The van der Waals surface area contributed by atoms with Crippen molar-refractivity contribution in [2.45, 2.75) is 26.9 Å². The van der Waals surface area contributed by atoms with Gasteiger partial charge in [-0.15, -0.1) is 0 Å². The Balaban J connectivity index is 2.27. The van der Waals surface area contributed by atoms with E-state index in [9.17, 15) is 9.59 Å². The minimum Gasteiger partial charge on any atom is -0.497 e. The zero-order valence-electron chi connectivity index (χ0n) is 20.3. The first-order valence-electron chi connectivity index (χ1n) is 11.0. The monoisotopic (exact) mass is 484 g/mol. The molecule has 0 aliphatic rings. The molecule has 4 N–H and O–H groups in total. The van der Waals surface area contributed by atoms with Gasteiger partial charge in [-0.2, -0.15) is 0 Å². The number of aliphatic hydroxyl groups excluding tert-OH is 1. The zero-order valence-corrected chi connectivity index (χ0v) is 20.3. The van der Waals surface area contributed by atoms with E-state index in [2.05, 4.69) is 5.32 Å². The number of allylic oxidation sites excluding steroid dienone is 2. The number of amides is 2. The number of rotatable bonds is 11. The third kappa shape index (κ3) is 8.80. The maximum absolute atomic E-state index is 12.8. The summed E-state index contributed by atoms with van der Waals surface area (Å²) in [5.74, 6) is 0.349. The Labute approximate surface area is 205 Å². The predicted octanol–water partition coefficient (Wildman–Crippen LogP) is 4.39. The van der Waals surface area contributed by atoms with Crippen LogP contribution in [0.5, 0.6) is 11.5 Å². The summed E-state index contributed by atoms with van der Waals surface area (Å²) in [5, 5.41) is 20.4. The molecule has 0 spiro atoms. The number of hydrogen-bond acceptors (Lipinski definition) is 7. The number of anilines is 1. The topological polar surface area (TPSA) is 126 Å². The molecule has 9 nitrogen and oxygen atoms in total. The van der Waals surface area contributed by atoms with Crippen LogP contribution in [0.2, 0.25) is 0 Å². The molecule has 0 aromatic heterocycles. The number of carbonyl (C=O) groups is 2. The molecule has 188 valence electrons. The molecule has 0 fully saturated rings. The van der Waals surface area contributed by atoms with Crippen LogP contribution in [0.3, 0.4) is 0 Å². The predicted molar refractivity (Wildman–Crippen MR) is 131 cm³/mol. The molecule has 0 radical (unpaired) electrons. The number of hydroxylamine groups is 1. The molecule has 2 rings (SSSR count). The fourth-order valence-corrected chi connectivity index (χ4v) is 3.32. The van der Waals surface area contributed by atoms with Gasteiger partial charge < -0.3 is 19.3 Å². The number of benzene rings is 2. The van der Waals surface area contributed by atoms with Crippen LogP contribution in [0, 0.1) is 5.92 Å². The summed E-state index contributed by atoms with van der Waals surface area (Å²) in [6, 6.07) is 13.9. The van der Waals surface area contributed by atoms with Gasteiger partial charge >= 0.3 is 6.09 Å². The van der Waals surface area contributed by atoms with Crippen molar-refractivity contribution < 1.29 is 34.1 Å². The number of hydrogen-bond donors (Lipinski definition) is 4. The van der Waals surface area contributed by atoms with Gasteiger partial charge in [0.2, 0.25) is 0 Å². The molecule has 0 saturated carbocycles. The lowest BCUT2D eigenvalue weighted by molar-refractivity contribution is -0.124. The Morgan fingerprint density at radius 1 is 1.00 bits per heavy atom. The van der Waals surface area contributed by atoms with Crippen LogP contribution >= 0.6 is 0 Å². The minimum absolute atomic E-state index is 0.0960. The van der Waals surface area contributed by atoms with Crippen molar-refractivity contribution in [1.29, 1.82) is 0 Å². The highest BCUT2D eigenvalue weighted by Crippen LogP contribution is 2.33. The van der Waals surface area contributed by atoms with Crippen molar-refractivity contribution in [3.63, 3.8) is 0 Å². The smallest absolute Gasteiger partial charge is 0.412 e. The van der Waals surface area contributed by atoms with Gasteiger partial charge in [-0.1, -0.05) is 30.7 Å². The van der Waals surface area contributed by atoms with E-state index in [1.54, 1.807) is 74.1 Å². The van der Waals surface area contributed by atoms with Crippen molar-refractivity contribution in [3.8, 4) is 11.5 Å². The second-order valence-electron chi connectivity index (χ2n) is 7.86. The summed E-state index contributed by atoms with van der Waals surface area (Å²) in [6.45, 7) is 5.59. The minimum atomic E-state index is -0.657. The van der Waals surface area contributed by atoms with Gasteiger partial charge in [-0.25, -0.2) is 10.3 Å². The molecule has 0 bridgehead atoms. The van der Waals surface area contributed by atoms with Crippen molar-refractivity contribution >= 4 is 17.7 Å². The number of aliphatic hydroxyl groups is 1. The van der Waals surface area contributed by atoms with Crippen LogP contribution in [0.25, 0.3) is 0 Å². The van der Waals surface area contributed by atoms with Gasteiger partial charge in [0.1, 0.15) is 24.2 Å². The molecule has 2 atom stereocenters. The third-order valence-corrected chi connectivity index (χ3v) is 5.24. The highest BCUT2D eigenvalue weighted by atomic mass is 16.6. The fourth-order valence-electron chi connectivity index (χ4n) is 3.32. The van der Waals surface area contributed by atoms with Crippen LogP contribution in [-0.4, -0.2) is 42.6 Å². The maximum Gasteiger partial charge on any atom is 0.412 e. The van der Waals surface area contributed by atoms with E-state index in [-0.39, 0.29) is 19.1 Å². The van der Waals surface area contributed by atoms with Crippen LogP contribution < -0.4 is 20.3 Å². The first kappa shape index (κ1) is 27.4. The molecule has 2 amide bonds. The number of ether oxygens (including phenoxy) is 3. The van der Waals surface area contributed by atoms with Gasteiger partial charge in [-0.3, -0.25) is 15.3 Å². The lowest BCUT2D eigenvalue weighted by Gasteiger charge is -2.26. The van der Waals surface area contributed by atoms with E-state index in [0.717, 1.165) is 11.1 Å². The number of methoxy groups -OCH3 is 1. The maximum atomic E-state index is 12.8. The summed E-state index contributed by atoms with van der Waals surface area (Å²) in [7, 11) is 1.56. The quantitative estimate of drug-likeness (QED) is 0.161. The van der Waals surface area contributed by atoms with Crippen LogP contribution in [-0.2, 0) is 9.53 Å². The van der Waals surface area contributed by atoms with Crippen LogP contribution in [0.4, 0.5) is 10.5 Å². The molecule has 9 heteroatoms. The average molecular weight is 485 g/mol. The second kappa shape index (κ2) is 13.8. The highest BCUT2D eigenvalue weighted by molar-refractivity contribution is 5.87. The van der Waals surface area contributed by atoms with E-state index < -0.39 is 18.1 Å². The normalized spacial score (nSPS) is 13.4. The number of nitrogens with one attached hydrogen (secondary N) is 2. The molecule has 2 aromatic rings. The second-order valence-corrected chi connectivity index (χ2v) is 7.86. The molecule has 0 saturated heterocycles. The Hall–Kier alpha value is -3.82. The van der Waals surface area contributed by atoms with E-state index in [1.807, 2.05) is 13.8 Å². The summed E-state index contributed by atoms with van der Waals surface area (Å²) < 4.78 is 16.4. The Morgan fingerprint density at radius 3 is 2.20 bits per heavy atom. The van der Waals surface area contributed by atoms with Gasteiger partial charge in [-0.05, 0) is 61.4 Å². The zero-order chi connectivity index (χ0) is 25.8. The molecule has 0 aliphatic heterocycles. The summed E-state index contributed by atoms with van der Waals surface area (Å²) in [4.78, 5) is 24.2. The molecule has 0 aliphatic carbocycles. The van der Waals surface area contributed by atoms with Gasteiger partial charge in [0.05, 0.1) is 13.7 Å². The van der Waals surface area contributed by atoms with Crippen molar-refractivity contribution in [1.82, 2.24) is 5.48 Å². The van der Waals surface area contributed by atoms with E-state index in [4.69, 9.17) is 24.5 Å². The SMILES string of the molecule is COc1ccc(NC(=O)O[C@@H](c2ccc(OCCO)cc2)[C@@H](C)/C(C)=C/C(C)=C/C(=O)NO)cc1. The van der Waals surface area contributed by atoms with Gasteiger partial charge in [0.25, 0.3) is 5.91 Å². The molecule has 2 aromatic carbocycles. The van der Waals surface area contributed by atoms with Crippen molar-refractivity contribution in [2.75, 3.05) is 25.6 Å². The molecule has 0 unspecified atom stereocenters. The van der Waals surface area contributed by atoms with Crippen LogP contribution in [0.15, 0.2) is 71.8 Å². The lowest BCUT2D eigenvalue weighted by Crippen LogP contribution is -2.22. The molecule has 0 heterocycles. The molecular formula is C26H32N2O7. The third-order valence-electron chi connectivity index (χ3n) is 5.24. The van der Waals surface area contributed by atoms with Crippen molar-refractivity contribution in [2.24, 2.45) is 5.92 Å². The fraction of sp³-hybridized carbons (Fsp3) is 0.308. The van der Waals surface area contributed by atoms with Crippen LogP contribution in [0.1, 0.15) is 32.4 Å². The Morgan fingerprint density at radius 2 is 1.63 bits per heavy atom. The summed E-state index contributed by atoms with van der Waals surface area (Å²) >= 11 is 0. The average Bonchev–Trinajstić information content (AvgIpc) is 2.86. The first-order chi connectivity index (χ1) is 16.8. The highest BCUT2D eigenvalue weighted by Gasteiger charge is 2.25. The van der Waals surface area contributed by atoms with E-state index >= 15 is 0 Å². The van der Waals surface area contributed by atoms with E-state index in [0.29, 0.717) is 22.8 Å².